The van der Waals surface area contributed by atoms with Crippen molar-refractivity contribution in [1.82, 2.24) is 9.80 Å². The summed E-state index contributed by atoms with van der Waals surface area (Å²) in [6.45, 7) is 14.4. The van der Waals surface area contributed by atoms with Gasteiger partial charge in [0.25, 0.3) is 0 Å². The first-order chi connectivity index (χ1) is 9.61. The van der Waals surface area contributed by atoms with E-state index in [0.29, 0.717) is 12.0 Å². The van der Waals surface area contributed by atoms with Crippen LogP contribution in [0.15, 0.2) is 0 Å². The van der Waals surface area contributed by atoms with E-state index in [1.807, 2.05) is 0 Å². The molecule has 0 radical (unpaired) electrons. The number of hydrogen-bond acceptors (Lipinski definition) is 4. The Bertz CT molecular complexity index is 289. The summed E-state index contributed by atoms with van der Waals surface area (Å²) in [5.41, 5.74) is 6.40. The standard InChI is InChI=1S/C16H33N3O/c1-4-6-18-7-9-19(10-8-18)16(13-17)5-11-20-15(12-16)14(2)3/h14-15H,4-13,17H2,1-3H3. The third-order valence-corrected chi connectivity index (χ3v) is 5.19. The van der Waals surface area contributed by atoms with E-state index in [9.17, 15) is 0 Å². The van der Waals surface area contributed by atoms with E-state index in [-0.39, 0.29) is 5.54 Å². The Morgan fingerprint density at radius 1 is 1.25 bits per heavy atom. The van der Waals surface area contributed by atoms with E-state index in [2.05, 4.69) is 30.6 Å². The van der Waals surface area contributed by atoms with Crippen LogP contribution in [-0.4, -0.2) is 67.3 Å². The first kappa shape index (κ1) is 16.2. The molecule has 0 spiro atoms. The van der Waals surface area contributed by atoms with Crippen molar-refractivity contribution in [2.24, 2.45) is 11.7 Å². The van der Waals surface area contributed by atoms with Crippen LogP contribution in [0.3, 0.4) is 0 Å². The highest BCUT2D eigenvalue weighted by Gasteiger charge is 2.42. The van der Waals surface area contributed by atoms with E-state index in [0.717, 1.165) is 26.0 Å². The maximum atomic E-state index is 6.21. The van der Waals surface area contributed by atoms with E-state index in [1.165, 1.54) is 39.1 Å². The fourth-order valence-electron chi connectivity index (χ4n) is 3.73. The van der Waals surface area contributed by atoms with Gasteiger partial charge in [-0.25, -0.2) is 0 Å². The van der Waals surface area contributed by atoms with Crippen LogP contribution in [0.2, 0.25) is 0 Å². The molecule has 0 aromatic heterocycles. The fraction of sp³-hybridized carbons (Fsp3) is 1.00. The van der Waals surface area contributed by atoms with Gasteiger partial charge in [0.1, 0.15) is 0 Å². The van der Waals surface area contributed by atoms with Crippen molar-refractivity contribution in [3.63, 3.8) is 0 Å². The van der Waals surface area contributed by atoms with Crippen LogP contribution in [0.25, 0.3) is 0 Å². The molecule has 2 rings (SSSR count). The topological polar surface area (TPSA) is 41.7 Å². The number of ether oxygens (including phenoxy) is 1. The van der Waals surface area contributed by atoms with Crippen LogP contribution in [0.4, 0.5) is 0 Å². The molecule has 0 aromatic carbocycles. The summed E-state index contributed by atoms with van der Waals surface area (Å²) in [5.74, 6) is 0.586. The minimum atomic E-state index is 0.186. The summed E-state index contributed by atoms with van der Waals surface area (Å²) in [6.07, 6.45) is 3.83. The summed E-state index contributed by atoms with van der Waals surface area (Å²) in [7, 11) is 0. The lowest BCUT2D eigenvalue weighted by Gasteiger charge is -2.51. The summed E-state index contributed by atoms with van der Waals surface area (Å²) in [6, 6.07) is 0. The first-order valence-electron chi connectivity index (χ1n) is 8.40. The van der Waals surface area contributed by atoms with Gasteiger partial charge in [-0.15, -0.1) is 0 Å². The average molecular weight is 283 g/mol. The third-order valence-electron chi connectivity index (χ3n) is 5.19. The molecule has 2 saturated heterocycles. The highest BCUT2D eigenvalue weighted by Crippen LogP contribution is 2.33. The second-order valence-electron chi connectivity index (χ2n) is 6.86. The minimum absolute atomic E-state index is 0.186. The first-order valence-corrected chi connectivity index (χ1v) is 8.40. The van der Waals surface area contributed by atoms with Crippen LogP contribution in [0.1, 0.15) is 40.0 Å². The molecule has 2 heterocycles. The second-order valence-corrected chi connectivity index (χ2v) is 6.86. The monoisotopic (exact) mass is 283 g/mol. The Kier molecular flexibility index (Phi) is 5.84. The van der Waals surface area contributed by atoms with Gasteiger partial charge in [0.2, 0.25) is 0 Å². The quantitative estimate of drug-likeness (QED) is 0.831. The zero-order valence-corrected chi connectivity index (χ0v) is 13.6. The Morgan fingerprint density at radius 2 is 1.95 bits per heavy atom. The van der Waals surface area contributed by atoms with Gasteiger partial charge in [0, 0.05) is 44.9 Å². The molecule has 2 fully saturated rings. The lowest BCUT2D eigenvalue weighted by molar-refractivity contribution is -0.0961. The molecule has 118 valence electrons. The van der Waals surface area contributed by atoms with Gasteiger partial charge in [-0.1, -0.05) is 20.8 Å². The van der Waals surface area contributed by atoms with Gasteiger partial charge in [0.15, 0.2) is 0 Å². The van der Waals surface area contributed by atoms with Crippen molar-refractivity contribution in [3.05, 3.63) is 0 Å². The molecule has 0 saturated carbocycles. The van der Waals surface area contributed by atoms with Crippen LogP contribution < -0.4 is 5.73 Å². The Morgan fingerprint density at radius 3 is 2.50 bits per heavy atom. The maximum Gasteiger partial charge on any atom is 0.0616 e. The molecule has 2 aliphatic rings. The predicted octanol–water partition coefficient (Wildman–Crippen LogP) is 1.55. The molecule has 0 amide bonds. The SMILES string of the molecule is CCCN1CCN(C2(CN)CCOC(C(C)C)C2)CC1. The van der Waals surface area contributed by atoms with E-state index >= 15 is 0 Å². The molecule has 2 unspecified atom stereocenters. The maximum absolute atomic E-state index is 6.21. The summed E-state index contributed by atoms with van der Waals surface area (Å²) >= 11 is 0. The molecule has 2 N–H and O–H groups in total. The van der Waals surface area contributed by atoms with Crippen molar-refractivity contribution in [2.75, 3.05) is 45.9 Å². The Labute approximate surface area is 124 Å². The van der Waals surface area contributed by atoms with Crippen LogP contribution in [0.5, 0.6) is 0 Å². The molecule has 0 bridgehead atoms. The largest absolute Gasteiger partial charge is 0.378 e. The van der Waals surface area contributed by atoms with Crippen LogP contribution in [-0.2, 0) is 4.74 Å². The highest BCUT2D eigenvalue weighted by atomic mass is 16.5. The van der Waals surface area contributed by atoms with Crippen molar-refractivity contribution < 1.29 is 4.74 Å². The molecule has 0 aliphatic carbocycles. The number of hydrogen-bond donors (Lipinski definition) is 1. The van der Waals surface area contributed by atoms with Gasteiger partial charge < -0.3 is 15.4 Å². The van der Waals surface area contributed by atoms with E-state index in [1.54, 1.807) is 0 Å². The van der Waals surface area contributed by atoms with Crippen molar-refractivity contribution in [1.29, 1.82) is 0 Å². The molecule has 20 heavy (non-hydrogen) atoms. The average Bonchev–Trinajstić information content (AvgIpc) is 2.48. The number of rotatable bonds is 5. The van der Waals surface area contributed by atoms with E-state index in [4.69, 9.17) is 10.5 Å². The number of nitrogens with zero attached hydrogens (tertiary/aromatic N) is 2. The summed E-state index contributed by atoms with van der Waals surface area (Å²) < 4.78 is 5.95. The van der Waals surface area contributed by atoms with Gasteiger partial charge in [-0.2, -0.15) is 0 Å². The van der Waals surface area contributed by atoms with Crippen LogP contribution in [0, 0.1) is 5.92 Å². The second kappa shape index (κ2) is 7.21. The Balaban J connectivity index is 1.97. The number of nitrogens with two attached hydrogens (primary N) is 1. The van der Waals surface area contributed by atoms with Gasteiger partial charge in [-0.3, -0.25) is 4.90 Å². The van der Waals surface area contributed by atoms with Gasteiger partial charge >= 0.3 is 0 Å². The highest BCUT2D eigenvalue weighted by molar-refractivity contribution is 4.98. The predicted molar refractivity (Wildman–Crippen MR) is 83.9 cm³/mol. The van der Waals surface area contributed by atoms with Crippen molar-refractivity contribution in [3.8, 4) is 0 Å². The molecule has 2 aliphatic heterocycles. The Hall–Kier alpha value is -0.160. The summed E-state index contributed by atoms with van der Waals surface area (Å²) in [4.78, 5) is 5.25. The van der Waals surface area contributed by atoms with E-state index < -0.39 is 0 Å². The molecule has 4 heteroatoms. The zero-order chi connectivity index (χ0) is 14.6. The van der Waals surface area contributed by atoms with Gasteiger partial charge in [-0.05, 0) is 31.7 Å². The fourth-order valence-corrected chi connectivity index (χ4v) is 3.73. The lowest BCUT2D eigenvalue weighted by Crippen LogP contribution is -2.63. The molecule has 0 aromatic rings. The zero-order valence-electron chi connectivity index (χ0n) is 13.6. The van der Waals surface area contributed by atoms with Crippen LogP contribution >= 0.6 is 0 Å². The van der Waals surface area contributed by atoms with Crippen molar-refractivity contribution >= 4 is 0 Å². The summed E-state index contributed by atoms with van der Waals surface area (Å²) in [5, 5.41) is 0. The molecular formula is C16H33N3O. The van der Waals surface area contributed by atoms with Gasteiger partial charge in [0.05, 0.1) is 6.10 Å². The van der Waals surface area contributed by atoms with Crippen molar-refractivity contribution in [2.45, 2.75) is 51.7 Å². The number of piperazine rings is 1. The third kappa shape index (κ3) is 3.53. The molecular weight excluding hydrogens is 250 g/mol. The normalized spacial score (nSPS) is 33.8. The molecule has 4 nitrogen and oxygen atoms in total. The smallest absolute Gasteiger partial charge is 0.0616 e. The minimum Gasteiger partial charge on any atom is -0.378 e. The molecule has 2 atom stereocenters. The lowest BCUT2D eigenvalue weighted by atomic mass is 9.81.